The zero-order chi connectivity index (χ0) is 21.6. The van der Waals surface area contributed by atoms with E-state index < -0.39 is 11.8 Å². The van der Waals surface area contributed by atoms with E-state index in [1.54, 1.807) is 26.8 Å². The van der Waals surface area contributed by atoms with E-state index in [9.17, 15) is 14.9 Å². The first kappa shape index (κ1) is 22.0. The Labute approximate surface area is 171 Å². The number of nitrogens with zero attached hydrogens (tertiary/aromatic N) is 2. The number of aromatic amines is 1. The molecular formula is C23H27N3O3. The number of esters is 1. The summed E-state index contributed by atoms with van der Waals surface area (Å²) in [5, 5.41) is 9.55. The summed E-state index contributed by atoms with van der Waals surface area (Å²) >= 11 is 0. The van der Waals surface area contributed by atoms with Gasteiger partial charge in [-0.15, -0.1) is 0 Å². The molecule has 0 spiro atoms. The summed E-state index contributed by atoms with van der Waals surface area (Å²) in [6.45, 7) is 11.4. The van der Waals surface area contributed by atoms with Gasteiger partial charge in [0.15, 0.2) is 0 Å². The molecule has 1 aromatic carbocycles. The van der Waals surface area contributed by atoms with E-state index >= 15 is 0 Å². The Morgan fingerprint density at radius 2 is 1.76 bits per heavy atom. The van der Waals surface area contributed by atoms with Crippen LogP contribution in [0.25, 0.3) is 6.08 Å². The molecule has 0 unspecified atom stereocenters. The molecule has 0 aliphatic rings. The average molecular weight is 393 g/mol. The molecular weight excluding hydrogens is 366 g/mol. The summed E-state index contributed by atoms with van der Waals surface area (Å²) in [5.41, 5.74) is 3.47. The fourth-order valence-corrected chi connectivity index (χ4v) is 3.31. The number of anilines is 1. The Morgan fingerprint density at radius 3 is 2.28 bits per heavy atom. The molecule has 1 heterocycles. The lowest BCUT2D eigenvalue weighted by Gasteiger charge is -2.20. The predicted octanol–water partition coefficient (Wildman–Crippen LogP) is 4.44. The van der Waals surface area contributed by atoms with Gasteiger partial charge in [0.25, 0.3) is 0 Å². The molecule has 0 saturated carbocycles. The number of Topliss-reactive ketones (excluding diaryl/α,β-unsaturated/α-hetero) is 1. The van der Waals surface area contributed by atoms with Crippen molar-refractivity contribution in [3.05, 3.63) is 57.9 Å². The Morgan fingerprint density at radius 1 is 1.14 bits per heavy atom. The van der Waals surface area contributed by atoms with Crippen LogP contribution >= 0.6 is 0 Å². The largest absolute Gasteiger partial charge is 0.462 e. The van der Waals surface area contributed by atoms with Crippen molar-refractivity contribution in [3.63, 3.8) is 0 Å². The second-order valence-electron chi connectivity index (χ2n) is 6.61. The van der Waals surface area contributed by atoms with Gasteiger partial charge in [-0.05, 0) is 64.0 Å². The van der Waals surface area contributed by atoms with Crippen molar-refractivity contribution in [2.24, 2.45) is 0 Å². The predicted molar refractivity (Wildman–Crippen MR) is 114 cm³/mol. The van der Waals surface area contributed by atoms with Gasteiger partial charge < -0.3 is 14.6 Å². The number of aromatic nitrogens is 1. The molecule has 0 aliphatic carbocycles. The van der Waals surface area contributed by atoms with Gasteiger partial charge in [0.05, 0.1) is 17.9 Å². The SMILES string of the molecule is CCOC(=O)c1c(C)[nH]c(C(=O)C(C#N)=Cc2ccc(N(CC)CC)cc2)c1C. The monoisotopic (exact) mass is 393 g/mol. The molecule has 0 amide bonds. The molecule has 152 valence electrons. The Balaban J connectivity index is 2.35. The molecule has 0 bridgehead atoms. The number of nitriles is 1. The number of benzene rings is 1. The second-order valence-corrected chi connectivity index (χ2v) is 6.61. The Hall–Kier alpha value is -3.33. The summed E-state index contributed by atoms with van der Waals surface area (Å²) in [4.78, 5) is 30.2. The standard InChI is InChI=1S/C23H27N3O3/c1-6-26(7-2)19-11-9-17(10-12-19)13-18(14-24)22(27)21-15(4)20(16(5)25-21)23(28)29-8-3/h9-13,25H,6-8H2,1-5H3. The molecule has 1 N–H and O–H groups in total. The van der Waals surface area contributed by atoms with Crippen molar-refractivity contribution >= 4 is 23.5 Å². The van der Waals surface area contributed by atoms with Crippen molar-refractivity contribution in [2.45, 2.75) is 34.6 Å². The maximum absolute atomic E-state index is 12.9. The second kappa shape index (κ2) is 9.74. The van der Waals surface area contributed by atoms with Crippen molar-refractivity contribution in [3.8, 4) is 6.07 Å². The first-order valence-corrected chi connectivity index (χ1v) is 9.75. The van der Waals surface area contributed by atoms with Crippen molar-refractivity contribution in [1.29, 1.82) is 5.26 Å². The number of nitrogens with one attached hydrogen (secondary N) is 1. The van der Waals surface area contributed by atoms with E-state index in [1.165, 1.54) is 0 Å². The van der Waals surface area contributed by atoms with E-state index in [4.69, 9.17) is 4.74 Å². The van der Waals surface area contributed by atoms with Crippen molar-refractivity contribution < 1.29 is 14.3 Å². The maximum Gasteiger partial charge on any atom is 0.340 e. The van der Waals surface area contributed by atoms with Crippen LogP contribution in [0.3, 0.4) is 0 Å². The van der Waals surface area contributed by atoms with Crippen LogP contribution in [0.4, 0.5) is 5.69 Å². The van der Waals surface area contributed by atoms with Crippen LogP contribution in [0.2, 0.25) is 0 Å². The number of rotatable bonds is 8. The van der Waals surface area contributed by atoms with E-state index in [2.05, 4.69) is 23.7 Å². The molecule has 0 saturated heterocycles. The minimum absolute atomic E-state index is 0.000322. The third kappa shape index (κ3) is 4.75. The summed E-state index contributed by atoms with van der Waals surface area (Å²) < 4.78 is 5.06. The highest BCUT2D eigenvalue weighted by Crippen LogP contribution is 2.23. The van der Waals surface area contributed by atoms with Gasteiger partial charge in [0.2, 0.25) is 5.78 Å². The number of ether oxygens (including phenoxy) is 1. The Kier molecular flexibility index (Phi) is 7.38. The molecule has 0 aliphatic heterocycles. The number of hydrogen-bond acceptors (Lipinski definition) is 5. The van der Waals surface area contributed by atoms with E-state index in [0.717, 1.165) is 24.3 Å². The zero-order valence-electron chi connectivity index (χ0n) is 17.6. The highest BCUT2D eigenvalue weighted by atomic mass is 16.5. The minimum atomic E-state index is -0.479. The number of allylic oxidation sites excluding steroid dienone is 1. The maximum atomic E-state index is 12.9. The fourth-order valence-electron chi connectivity index (χ4n) is 3.31. The third-order valence-electron chi connectivity index (χ3n) is 4.84. The van der Waals surface area contributed by atoms with Crippen molar-refractivity contribution in [1.82, 2.24) is 4.98 Å². The zero-order valence-corrected chi connectivity index (χ0v) is 17.6. The molecule has 6 nitrogen and oxygen atoms in total. The van der Waals surface area contributed by atoms with Crippen LogP contribution in [0, 0.1) is 25.2 Å². The summed E-state index contributed by atoms with van der Waals surface area (Å²) in [6, 6.07) is 9.70. The van der Waals surface area contributed by atoms with Crippen LogP contribution in [0.15, 0.2) is 29.8 Å². The van der Waals surface area contributed by atoms with Gasteiger partial charge in [-0.3, -0.25) is 4.79 Å². The molecule has 0 fully saturated rings. The van der Waals surface area contributed by atoms with E-state index in [1.807, 2.05) is 30.3 Å². The number of carbonyl (C=O) groups excluding carboxylic acids is 2. The number of aryl methyl sites for hydroxylation is 1. The quantitative estimate of drug-likeness (QED) is 0.310. The van der Waals surface area contributed by atoms with Crippen LogP contribution in [-0.2, 0) is 4.74 Å². The van der Waals surface area contributed by atoms with Crippen LogP contribution in [0.5, 0.6) is 0 Å². The van der Waals surface area contributed by atoms with Crippen LogP contribution < -0.4 is 4.90 Å². The van der Waals surface area contributed by atoms with Gasteiger partial charge >= 0.3 is 5.97 Å². The number of carbonyl (C=O) groups is 2. The topological polar surface area (TPSA) is 86.2 Å². The van der Waals surface area contributed by atoms with Gasteiger partial charge in [-0.2, -0.15) is 5.26 Å². The molecule has 0 atom stereocenters. The molecule has 2 rings (SSSR count). The van der Waals surface area contributed by atoms with Crippen molar-refractivity contribution in [2.75, 3.05) is 24.6 Å². The van der Waals surface area contributed by atoms with Gasteiger partial charge in [0, 0.05) is 24.5 Å². The average Bonchev–Trinajstić information content (AvgIpc) is 3.02. The van der Waals surface area contributed by atoms with Crippen LogP contribution in [0.1, 0.15) is 58.4 Å². The smallest absolute Gasteiger partial charge is 0.340 e. The molecule has 29 heavy (non-hydrogen) atoms. The van der Waals surface area contributed by atoms with Gasteiger partial charge in [0.1, 0.15) is 11.6 Å². The van der Waals surface area contributed by atoms with Crippen LogP contribution in [-0.4, -0.2) is 36.4 Å². The number of ketones is 1. The lowest BCUT2D eigenvalue weighted by Crippen LogP contribution is -2.21. The van der Waals surface area contributed by atoms with E-state index in [-0.39, 0.29) is 17.9 Å². The molecule has 1 aromatic heterocycles. The first-order valence-electron chi connectivity index (χ1n) is 9.75. The highest BCUT2D eigenvalue weighted by molar-refractivity contribution is 6.15. The fraction of sp³-hybridized carbons (Fsp3) is 0.348. The summed E-state index contributed by atoms with van der Waals surface area (Å²) in [5.74, 6) is -0.927. The van der Waals surface area contributed by atoms with Gasteiger partial charge in [-0.1, -0.05) is 12.1 Å². The Bertz CT molecular complexity index is 958. The molecule has 6 heteroatoms. The molecule has 0 radical (unpaired) electrons. The lowest BCUT2D eigenvalue weighted by molar-refractivity contribution is 0.0525. The number of hydrogen-bond donors (Lipinski definition) is 1. The normalized spacial score (nSPS) is 11.1. The lowest BCUT2D eigenvalue weighted by atomic mass is 10.0. The van der Waals surface area contributed by atoms with Gasteiger partial charge in [-0.25, -0.2) is 4.79 Å². The third-order valence-corrected chi connectivity index (χ3v) is 4.84. The first-order chi connectivity index (χ1) is 13.9. The summed E-state index contributed by atoms with van der Waals surface area (Å²) in [6.07, 6.45) is 1.56. The number of H-pyrrole nitrogens is 1. The summed E-state index contributed by atoms with van der Waals surface area (Å²) in [7, 11) is 0. The molecule has 2 aromatic rings. The van der Waals surface area contributed by atoms with E-state index in [0.29, 0.717) is 16.8 Å². The highest BCUT2D eigenvalue weighted by Gasteiger charge is 2.24. The minimum Gasteiger partial charge on any atom is -0.462 e.